The molecule has 0 unspecified atom stereocenters. The summed E-state index contributed by atoms with van der Waals surface area (Å²) in [5.74, 6) is -0.0595. The van der Waals surface area contributed by atoms with Crippen LogP contribution in [0.2, 0.25) is 10.0 Å². The van der Waals surface area contributed by atoms with E-state index in [-0.39, 0.29) is 23.5 Å². The first-order chi connectivity index (χ1) is 15.9. The highest BCUT2D eigenvalue weighted by molar-refractivity contribution is 6.33. The van der Waals surface area contributed by atoms with Gasteiger partial charge >= 0.3 is 0 Å². The zero-order chi connectivity index (χ0) is 23.4. The minimum atomic E-state index is -0.602. The molecule has 0 spiro atoms. The largest absolute Gasteiger partial charge is 0.394 e. The number of aliphatic hydroxyl groups is 1. The van der Waals surface area contributed by atoms with E-state index in [0.717, 1.165) is 0 Å². The van der Waals surface area contributed by atoms with E-state index < -0.39 is 11.9 Å². The van der Waals surface area contributed by atoms with Crippen LogP contribution in [0, 0.1) is 5.82 Å². The number of anilines is 2. The summed E-state index contributed by atoms with van der Waals surface area (Å²) in [6.07, 6.45) is 4.83. The van der Waals surface area contributed by atoms with Crippen LogP contribution < -0.4 is 10.6 Å². The third-order valence-corrected chi connectivity index (χ3v) is 5.32. The standard InChI is InChI=1S/C23H18Cl2FN5O2/c24-16-3-1-2-14(10-16)20(13-32)28-22(33)15-7-9-31(12-15)21-6-8-27-23(30-21)29-19-5-4-17(26)11-18(19)25/h1-12,20,32H,13H2,(H,28,33)(H,27,29,30)/t20-/m1/s1. The van der Waals surface area contributed by atoms with E-state index in [0.29, 0.717) is 27.7 Å². The van der Waals surface area contributed by atoms with Gasteiger partial charge in [0.1, 0.15) is 11.6 Å². The van der Waals surface area contributed by atoms with Crippen LogP contribution >= 0.6 is 23.2 Å². The fourth-order valence-electron chi connectivity index (χ4n) is 3.14. The molecule has 3 N–H and O–H groups in total. The highest BCUT2D eigenvalue weighted by Crippen LogP contribution is 2.25. The number of rotatable bonds is 7. The van der Waals surface area contributed by atoms with Crippen LogP contribution in [0.3, 0.4) is 0 Å². The van der Waals surface area contributed by atoms with E-state index >= 15 is 0 Å². The maximum absolute atomic E-state index is 13.3. The lowest BCUT2D eigenvalue weighted by molar-refractivity contribution is 0.0916. The molecule has 10 heteroatoms. The number of nitrogens with one attached hydrogen (secondary N) is 2. The van der Waals surface area contributed by atoms with Gasteiger partial charge in [0.05, 0.1) is 28.9 Å². The topological polar surface area (TPSA) is 92.1 Å². The molecule has 2 aromatic heterocycles. The van der Waals surface area contributed by atoms with Crippen LogP contribution in [0.15, 0.2) is 73.2 Å². The first-order valence-electron chi connectivity index (χ1n) is 9.83. The van der Waals surface area contributed by atoms with Gasteiger partial charge in [-0.1, -0.05) is 35.3 Å². The Balaban J connectivity index is 1.49. The Morgan fingerprint density at radius 3 is 2.76 bits per heavy atom. The minimum Gasteiger partial charge on any atom is -0.394 e. The van der Waals surface area contributed by atoms with Crippen molar-refractivity contribution in [1.82, 2.24) is 19.9 Å². The lowest BCUT2D eigenvalue weighted by Gasteiger charge is -2.16. The third kappa shape index (κ3) is 5.48. The van der Waals surface area contributed by atoms with Gasteiger partial charge in [-0.15, -0.1) is 0 Å². The number of nitrogens with zero attached hydrogens (tertiary/aromatic N) is 3. The molecule has 0 fully saturated rings. The molecular formula is C23H18Cl2FN5O2. The molecule has 0 bridgehead atoms. The predicted molar refractivity (Wildman–Crippen MR) is 125 cm³/mol. The van der Waals surface area contributed by atoms with Gasteiger partial charge in [-0.25, -0.2) is 9.37 Å². The Hall–Kier alpha value is -3.46. The van der Waals surface area contributed by atoms with Gasteiger partial charge in [0, 0.05) is 23.6 Å². The summed E-state index contributed by atoms with van der Waals surface area (Å²) in [5, 5.41) is 16.2. The summed E-state index contributed by atoms with van der Waals surface area (Å²) in [6.45, 7) is -0.278. The Kier molecular flexibility index (Phi) is 6.88. The molecule has 2 aromatic carbocycles. The summed E-state index contributed by atoms with van der Waals surface area (Å²) >= 11 is 12.1. The number of carbonyl (C=O) groups excluding carboxylic acids is 1. The number of carbonyl (C=O) groups is 1. The zero-order valence-electron chi connectivity index (χ0n) is 17.0. The van der Waals surface area contributed by atoms with Crippen molar-refractivity contribution in [3.63, 3.8) is 0 Å². The number of halogens is 3. The third-order valence-electron chi connectivity index (χ3n) is 4.78. The normalized spacial score (nSPS) is 11.8. The van der Waals surface area contributed by atoms with Gasteiger partial charge in [-0.3, -0.25) is 4.79 Å². The molecule has 0 aliphatic carbocycles. The van der Waals surface area contributed by atoms with Crippen LogP contribution in [-0.2, 0) is 0 Å². The van der Waals surface area contributed by atoms with Crippen molar-refractivity contribution < 1.29 is 14.3 Å². The van der Waals surface area contributed by atoms with E-state index in [1.54, 1.807) is 59.6 Å². The summed E-state index contributed by atoms with van der Waals surface area (Å²) in [5.41, 5.74) is 1.53. The monoisotopic (exact) mass is 485 g/mol. The molecule has 0 saturated heterocycles. The van der Waals surface area contributed by atoms with Gasteiger partial charge in [0.15, 0.2) is 0 Å². The lowest BCUT2D eigenvalue weighted by Crippen LogP contribution is -2.30. The summed E-state index contributed by atoms with van der Waals surface area (Å²) in [6, 6.07) is 13.6. The molecule has 168 valence electrons. The van der Waals surface area contributed by atoms with E-state index in [1.165, 1.54) is 18.2 Å². The fourth-order valence-corrected chi connectivity index (χ4v) is 3.55. The van der Waals surface area contributed by atoms with Crippen LogP contribution in [0.5, 0.6) is 0 Å². The Labute approximate surface area is 198 Å². The first-order valence-corrected chi connectivity index (χ1v) is 10.6. The number of aromatic nitrogens is 3. The molecule has 0 aliphatic rings. The molecule has 4 aromatic rings. The highest BCUT2D eigenvalue weighted by atomic mass is 35.5. The van der Waals surface area contributed by atoms with Crippen molar-refractivity contribution in [3.8, 4) is 5.82 Å². The zero-order valence-corrected chi connectivity index (χ0v) is 18.6. The van der Waals surface area contributed by atoms with Crippen molar-refractivity contribution in [1.29, 1.82) is 0 Å². The van der Waals surface area contributed by atoms with Gasteiger partial charge in [-0.2, -0.15) is 4.98 Å². The van der Waals surface area contributed by atoms with E-state index in [2.05, 4.69) is 20.6 Å². The maximum atomic E-state index is 13.3. The van der Waals surface area contributed by atoms with Crippen molar-refractivity contribution >= 4 is 40.7 Å². The maximum Gasteiger partial charge on any atom is 0.253 e. The van der Waals surface area contributed by atoms with Gasteiger partial charge < -0.3 is 20.3 Å². The molecule has 1 amide bonds. The second-order valence-electron chi connectivity index (χ2n) is 7.06. The van der Waals surface area contributed by atoms with Gasteiger partial charge in [0.25, 0.3) is 5.91 Å². The van der Waals surface area contributed by atoms with Crippen molar-refractivity contribution in [2.24, 2.45) is 0 Å². The molecule has 0 radical (unpaired) electrons. The summed E-state index contributed by atoms with van der Waals surface area (Å²) in [7, 11) is 0. The van der Waals surface area contributed by atoms with Gasteiger partial charge in [-0.05, 0) is 48.0 Å². The number of hydrogen-bond acceptors (Lipinski definition) is 5. The number of aliphatic hydroxyl groups excluding tert-OH is 1. The van der Waals surface area contributed by atoms with Crippen LogP contribution in [-0.4, -0.2) is 32.2 Å². The number of amides is 1. The van der Waals surface area contributed by atoms with Crippen molar-refractivity contribution in [2.75, 3.05) is 11.9 Å². The second kappa shape index (κ2) is 9.99. The molecule has 0 saturated carbocycles. The molecule has 2 heterocycles. The Bertz CT molecular complexity index is 1300. The Morgan fingerprint density at radius 2 is 2.00 bits per heavy atom. The molecular weight excluding hydrogens is 468 g/mol. The van der Waals surface area contributed by atoms with E-state index in [4.69, 9.17) is 23.2 Å². The average molecular weight is 486 g/mol. The minimum absolute atomic E-state index is 0.196. The number of benzene rings is 2. The van der Waals surface area contributed by atoms with Crippen LogP contribution in [0.1, 0.15) is 22.0 Å². The highest BCUT2D eigenvalue weighted by Gasteiger charge is 2.17. The fraction of sp³-hybridized carbons (Fsp3) is 0.0870. The molecule has 33 heavy (non-hydrogen) atoms. The van der Waals surface area contributed by atoms with E-state index in [9.17, 15) is 14.3 Å². The SMILES string of the molecule is O=C(N[C@H](CO)c1cccc(Cl)c1)c1ccn(-c2ccnc(Nc3ccc(F)cc3Cl)n2)c1. The van der Waals surface area contributed by atoms with Crippen LogP contribution in [0.4, 0.5) is 16.0 Å². The second-order valence-corrected chi connectivity index (χ2v) is 7.90. The van der Waals surface area contributed by atoms with Crippen LogP contribution in [0.25, 0.3) is 5.82 Å². The average Bonchev–Trinajstić information content (AvgIpc) is 3.30. The molecule has 1 atom stereocenters. The molecule has 4 rings (SSSR count). The summed E-state index contributed by atoms with van der Waals surface area (Å²) < 4.78 is 14.9. The predicted octanol–water partition coefficient (Wildman–Crippen LogP) is 4.92. The Morgan fingerprint density at radius 1 is 1.15 bits per heavy atom. The lowest BCUT2D eigenvalue weighted by atomic mass is 10.1. The smallest absolute Gasteiger partial charge is 0.253 e. The summed E-state index contributed by atoms with van der Waals surface area (Å²) in [4.78, 5) is 21.3. The van der Waals surface area contributed by atoms with Crippen molar-refractivity contribution in [2.45, 2.75) is 6.04 Å². The molecule has 0 aliphatic heterocycles. The van der Waals surface area contributed by atoms with Gasteiger partial charge in [0.2, 0.25) is 5.95 Å². The number of hydrogen-bond donors (Lipinski definition) is 3. The van der Waals surface area contributed by atoms with Crippen molar-refractivity contribution in [3.05, 3.63) is 100 Å². The van der Waals surface area contributed by atoms with E-state index in [1.807, 2.05) is 0 Å². The quantitative estimate of drug-likeness (QED) is 0.345. The molecule has 7 nitrogen and oxygen atoms in total. The first kappa shape index (κ1) is 22.7.